The molecule has 2 aromatic carbocycles. The number of likely N-dealkylation sites (N-methyl/N-ethyl adjacent to an activating group) is 1. The van der Waals surface area contributed by atoms with Gasteiger partial charge in [-0.1, -0.05) is 24.3 Å². The summed E-state index contributed by atoms with van der Waals surface area (Å²) in [6, 6.07) is 11.3. The number of nitrogens with one attached hydrogen (secondary N) is 2. The summed E-state index contributed by atoms with van der Waals surface area (Å²) in [6.07, 6.45) is 0. The first kappa shape index (κ1) is 13.9. The molecule has 0 unspecified atom stereocenters. The van der Waals surface area contributed by atoms with Crippen molar-refractivity contribution in [2.45, 2.75) is 0 Å². The van der Waals surface area contributed by atoms with Crippen LogP contribution in [0, 0.1) is 0 Å². The Morgan fingerprint density at radius 3 is 2.40 bits per heavy atom. The second kappa shape index (κ2) is 6.06. The molecule has 0 fully saturated rings. The van der Waals surface area contributed by atoms with Crippen LogP contribution in [0.15, 0.2) is 36.4 Å². The first-order chi connectivity index (χ1) is 9.65. The molecule has 5 heteroatoms. The number of carbonyl (C=O) groups excluding carboxylic acids is 2. The lowest BCUT2D eigenvalue weighted by molar-refractivity contribution is -0.119. The monoisotopic (exact) mass is 272 g/mol. The number of carbonyl (C=O) groups is 2. The molecular weight excluding hydrogens is 256 g/mol. The third-order valence-electron chi connectivity index (χ3n) is 3.00. The Morgan fingerprint density at radius 2 is 1.80 bits per heavy atom. The fraction of sp³-hybridized carbons (Fsp3) is 0.200. The van der Waals surface area contributed by atoms with E-state index >= 15 is 0 Å². The molecular formula is C15H16N2O3. The van der Waals surface area contributed by atoms with E-state index in [2.05, 4.69) is 10.6 Å². The molecule has 2 aromatic rings. The number of benzene rings is 2. The summed E-state index contributed by atoms with van der Waals surface area (Å²) in [7, 11) is 3.03. The van der Waals surface area contributed by atoms with Crippen LogP contribution in [-0.4, -0.2) is 32.5 Å². The van der Waals surface area contributed by atoms with Crippen molar-refractivity contribution in [3.05, 3.63) is 42.0 Å². The summed E-state index contributed by atoms with van der Waals surface area (Å²) in [5.41, 5.74) is 0.412. The Balaban J connectivity index is 2.32. The summed E-state index contributed by atoms with van der Waals surface area (Å²) >= 11 is 0. The van der Waals surface area contributed by atoms with Crippen molar-refractivity contribution in [2.24, 2.45) is 0 Å². The van der Waals surface area contributed by atoms with Gasteiger partial charge < -0.3 is 15.4 Å². The van der Waals surface area contributed by atoms with Crippen LogP contribution in [0.5, 0.6) is 5.75 Å². The molecule has 2 amide bonds. The highest BCUT2D eigenvalue weighted by Gasteiger charge is 2.14. The van der Waals surface area contributed by atoms with E-state index in [-0.39, 0.29) is 18.4 Å². The fourth-order valence-electron chi connectivity index (χ4n) is 1.91. The molecule has 0 aliphatic rings. The average Bonchev–Trinajstić information content (AvgIpc) is 2.50. The third-order valence-corrected chi connectivity index (χ3v) is 3.00. The van der Waals surface area contributed by atoms with Crippen LogP contribution >= 0.6 is 0 Å². The maximum absolute atomic E-state index is 12.1. The Labute approximate surface area is 116 Å². The predicted molar refractivity (Wildman–Crippen MR) is 76.9 cm³/mol. The maximum atomic E-state index is 12.1. The number of fused-ring (bicyclic) bond motifs is 1. The molecule has 5 nitrogen and oxygen atoms in total. The highest BCUT2D eigenvalue weighted by Crippen LogP contribution is 2.25. The summed E-state index contributed by atoms with van der Waals surface area (Å²) in [5, 5.41) is 6.94. The van der Waals surface area contributed by atoms with Gasteiger partial charge in [0.15, 0.2) is 0 Å². The van der Waals surface area contributed by atoms with E-state index in [1.54, 1.807) is 6.07 Å². The zero-order valence-electron chi connectivity index (χ0n) is 11.4. The van der Waals surface area contributed by atoms with Gasteiger partial charge in [-0.25, -0.2) is 0 Å². The summed E-state index contributed by atoms with van der Waals surface area (Å²) < 4.78 is 5.25. The number of rotatable bonds is 4. The van der Waals surface area contributed by atoms with E-state index in [1.807, 2.05) is 30.3 Å². The Hall–Kier alpha value is -2.56. The number of ether oxygens (including phenoxy) is 1. The zero-order chi connectivity index (χ0) is 14.5. The molecule has 0 saturated heterocycles. The third kappa shape index (κ3) is 2.88. The van der Waals surface area contributed by atoms with Crippen LogP contribution in [0.1, 0.15) is 10.4 Å². The average molecular weight is 272 g/mol. The van der Waals surface area contributed by atoms with Gasteiger partial charge in [0, 0.05) is 7.05 Å². The molecule has 2 rings (SSSR count). The smallest absolute Gasteiger partial charge is 0.255 e. The molecule has 0 spiro atoms. The normalized spacial score (nSPS) is 10.1. The van der Waals surface area contributed by atoms with Crippen molar-refractivity contribution in [2.75, 3.05) is 20.7 Å². The van der Waals surface area contributed by atoms with Crippen molar-refractivity contribution in [1.29, 1.82) is 0 Å². The van der Waals surface area contributed by atoms with Gasteiger partial charge in [0.2, 0.25) is 5.91 Å². The molecule has 0 bridgehead atoms. The van der Waals surface area contributed by atoms with Gasteiger partial charge in [-0.05, 0) is 22.9 Å². The molecule has 20 heavy (non-hydrogen) atoms. The van der Waals surface area contributed by atoms with E-state index in [0.717, 1.165) is 10.8 Å². The van der Waals surface area contributed by atoms with E-state index < -0.39 is 0 Å². The standard InChI is InChI=1S/C15H16N2O3/c1-16-14(18)9-17-15(19)12-7-10-5-3-4-6-11(10)8-13(12)20-2/h3-8H,9H2,1-2H3,(H,16,18)(H,17,19). The molecule has 0 aliphatic carbocycles. The first-order valence-corrected chi connectivity index (χ1v) is 6.21. The predicted octanol–water partition coefficient (Wildman–Crippen LogP) is 1.32. The molecule has 0 radical (unpaired) electrons. The summed E-state index contributed by atoms with van der Waals surface area (Å²) in [5.74, 6) is -0.104. The van der Waals surface area contributed by atoms with Crippen molar-refractivity contribution in [3.8, 4) is 5.75 Å². The highest BCUT2D eigenvalue weighted by molar-refractivity contribution is 6.02. The van der Waals surface area contributed by atoms with E-state index in [1.165, 1.54) is 14.2 Å². The van der Waals surface area contributed by atoms with Gasteiger partial charge in [-0.2, -0.15) is 0 Å². The minimum absolute atomic E-state index is 0.0642. The lowest BCUT2D eigenvalue weighted by atomic mass is 10.1. The lowest BCUT2D eigenvalue weighted by Crippen LogP contribution is -2.35. The molecule has 104 valence electrons. The topological polar surface area (TPSA) is 67.4 Å². The van der Waals surface area contributed by atoms with Gasteiger partial charge in [-0.15, -0.1) is 0 Å². The van der Waals surface area contributed by atoms with Crippen LogP contribution in [0.25, 0.3) is 10.8 Å². The minimum Gasteiger partial charge on any atom is -0.496 e. The van der Waals surface area contributed by atoms with E-state index in [4.69, 9.17) is 4.74 Å². The van der Waals surface area contributed by atoms with Crippen molar-refractivity contribution in [3.63, 3.8) is 0 Å². The molecule has 0 saturated carbocycles. The lowest BCUT2D eigenvalue weighted by Gasteiger charge is -2.10. The number of methoxy groups -OCH3 is 1. The largest absolute Gasteiger partial charge is 0.496 e. The molecule has 0 heterocycles. The Kier molecular flexibility index (Phi) is 4.20. The number of hydrogen-bond donors (Lipinski definition) is 2. The van der Waals surface area contributed by atoms with Crippen molar-refractivity contribution >= 4 is 22.6 Å². The zero-order valence-corrected chi connectivity index (χ0v) is 11.4. The fourth-order valence-corrected chi connectivity index (χ4v) is 1.91. The van der Waals surface area contributed by atoms with Crippen molar-refractivity contribution < 1.29 is 14.3 Å². The van der Waals surface area contributed by atoms with Crippen LogP contribution < -0.4 is 15.4 Å². The van der Waals surface area contributed by atoms with Gasteiger partial charge in [-0.3, -0.25) is 9.59 Å². The van der Waals surface area contributed by atoms with E-state index in [9.17, 15) is 9.59 Å². The summed E-state index contributed by atoms with van der Waals surface area (Å²) in [6.45, 7) is -0.0642. The number of amides is 2. The van der Waals surface area contributed by atoms with Crippen LogP contribution in [-0.2, 0) is 4.79 Å². The quantitative estimate of drug-likeness (QED) is 0.882. The SMILES string of the molecule is CNC(=O)CNC(=O)c1cc2ccccc2cc1OC. The van der Waals surface area contributed by atoms with Crippen molar-refractivity contribution in [1.82, 2.24) is 10.6 Å². The maximum Gasteiger partial charge on any atom is 0.255 e. The van der Waals surface area contributed by atoms with Gasteiger partial charge in [0.05, 0.1) is 19.2 Å². The minimum atomic E-state index is -0.337. The summed E-state index contributed by atoms with van der Waals surface area (Å²) in [4.78, 5) is 23.3. The van der Waals surface area contributed by atoms with Crippen LogP contribution in [0.4, 0.5) is 0 Å². The molecule has 2 N–H and O–H groups in total. The number of hydrogen-bond acceptors (Lipinski definition) is 3. The highest BCUT2D eigenvalue weighted by atomic mass is 16.5. The Morgan fingerprint density at radius 1 is 1.15 bits per heavy atom. The second-order valence-corrected chi connectivity index (χ2v) is 4.26. The van der Waals surface area contributed by atoms with Gasteiger partial charge >= 0.3 is 0 Å². The van der Waals surface area contributed by atoms with Gasteiger partial charge in [0.25, 0.3) is 5.91 Å². The Bertz CT molecular complexity index is 653. The van der Waals surface area contributed by atoms with Gasteiger partial charge in [0.1, 0.15) is 5.75 Å². The molecule has 0 aliphatic heterocycles. The second-order valence-electron chi connectivity index (χ2n) is 4.26. The molecule has 0 aromatic heterocycles. The molecule has 0 atom stereocenters. The van der Waals surface area contributed by atoms with E-state index in [0.29, 0.717) is 11.3 Å². The van der Waals surface area contributed by atoms with Crippen LogP contribution in [0.2, 0.25) is 0 Å². The first-order valence-electron chi connectivity index (χ1n) is 6.21. The van der Waals surface area contributed by atoms with Crippen LogP contribution in [0.3, 0.4) is 0 Å².